The highest BCUT2D eigenvalue weighted by Crippen LogP contribution is 2.25. The molecule has 0 fully saturated rings. The third-order valence-corrected chi connectivity index (χ3v) is 3.92. The molecule has 2 aromatic carbocycles. The number of ether oxygens (including phenoxy) is 1. The highest BCUT2D eigenvalue weighted by molar-refractivity contribution is 6.12. The quantitative estimate of drug-likeness (QED) is 0.626. The Hall–Kier alpha value is -2.82. The van der Waals surface area contributed by atoms with E-state index in [9.17, 15) is 9.59 Å². The number of alkyl carbamates (subject to hydrolysis) is 1. The monoisotopic (exact) mass is 354 g/mol. The number of nitrogens with two attached hydrogens (primary N) is 1. The van der Waals surface area contributed by atoms with Crippen LogP contribution in [0.5, 0.6) is 0 Å². The molecule has 2 rings (SSSR count). The van der Waals surface area contributed by atoms with Crippen LogP contribution in [0.2, 0.25) is 0 Å². The molecule has 2 aromatic rings. The minimum Gasteiger partial charge on any atom is -0.444 e. The average molecular weight is 354 g/mol. The predicted molar refractivity (Wildman–Crippen MR) is 103 cm³/mol. The van der Waals surface area contributed by atoms with Crippen LogP contribution in [0, 0.1) is 0 Å². The number of ketones is 1. The highest BCUT2D eigenvalue weighted by atomic mass is 16.6. The summed E-state index contributed by atoms with van der Waals surface area (Å²) in [5.41, 5.74) is 8.88. The minimum atomic E-state index is -0.575. The number of aryl methyl sites for hydroxylation is 1. The number of nitrogen functional groups attached to an aromatic ring is 1. The summed E-state index contributed by atoms with van der Waals surface area (Å²) in [7, 11) is 0. The zero-order chi connectivity index (χ0) is 19.3. The fourth-order valence-corrected chi connectivity index (χ4v) is 2.67. The van der Waals surface area contributed by atoms with Gasteiger partial charge < -0.3 is 15.8 Å². The Morgan fingerprint density at radius 3 is 2.31 bits per heavy atom. The molecular weight excluding hydrogens is 328 g/mol. The fraction of sp³-hybridized carbons (Fsp3) is 0.333. The molecule has 0 aliphatic heterocycles. The summed E-state index contributed by atoms with van der Waals surface area (Å²) in [6.07, 6.45) is 0.230. The first-order chi connectivity index (χ1) is 12.2. The van der Waals surface area contributed by atoms with Crippen molar-refractivity contribution in [3.8, 4) is 0 Å². The molecular formula is C21H26N2O3. The number of benzene rings is 2. The summed E-state index contributed by atoms with van der Waals surface area (Å²) in [5, 5.41) is 2.72. The molecule has 5 heteroatoms. The molecule has 0 saturated carbocycles. The number of hydrogen-bond acceptors (Lipinski definition) is 4. The van der Waals surface area contributed by atoms with Gasteiger partial charge in [-0.2, -0.15) is 0 Å². The number of amides is 1. The van der Waals surface area contributed by atoms with Gasteiger partial charge in [0, 0.05) is 23.4 Å². The molecule has 0 aromatic heterocycles. The molecule has 138 valence electrons. The van der Waals surface area contributed by atoms with Gasteiger partial charge in [0.2, 0.25) is 0 Å². The van der Waals surface area contributed by atoms with Crippen LogP contribution < -0.4 is 11.1 Å². The Labute approximate surface area is 154 Å². The minimum absolute atomic E-state index is 0.135. The fourth-order valence-electron chi connectivity index (χ4n) is 2.67. The third kappa shape index (κ3) is 4.85. The molecule has 3 N–H and O–H groups in total. The van der Waals surface area contributed by atoms with Crippen LogP contribution in [-0.4, -0.2) is 17.5 Å². The Bertz CT molecular complexity index is 793. The maximum Gasteiger partial charge on any atom is 0.407 e. The van der Waals surface area contributed by atoms with Crippen LogP contribution >= 0.6 is 0 Å². The summed E-state index contributed by atoms with van der Waals surface area (Å²) in [5.74, 6) is -0.135. The van der Waals surface area contributed by atoms with E-state index in [1.165, 1.54) is 0 Å². The Morgan fingerprint density at radius 2 is 1.73 bits per heavy atom. The molecule has 0 aliphatic carbocycles. The van der Waals surface area contributed by atoms with Gasteiger partial charge >= 0.3 is 6.09 Å². The van der Waals surface area contributed by atoms with E-state index < -0.39 is 11.7 Å². The van der Waals surface area contributed by atoms with Crippen LogP contribution in [0.15, 0.2) is 42.5 Å². The second-order valence-corrected chi connectivity index (χ2v) is 7.07. The van der Waals surface area contributed by atoms with E-state index in [2.05, 4.69) is 5.32 Å². The van der Waals surface area contributed by atoms with E-state index in [-0.39, 0.29) is 12.3 Å². The summed E-state index contributed by atoms with van der Waals surface area (Å²) < 4.78 is 5.26. The van der Waals surface area contributed by atoms with Gasteiger partial charge in [-0.05, 0) is 44.4 Å². The number of hydrogen-bond donors (Lipinski definition) is 2. The van der Waals surface area contributed by atoms with Crippen molar-refractivity contribution in [3.63, 3.8) is 0 Å². The predicted octanol–water partition coefficient (Wildman–Crippen LogP) is 4.09. The largest absolute Gasteiger partial charge is 0.444 e. The number of nitrogens with one attached hydrogen (secondary N) is 1. The number of rotatable bonds is 5. The van der Waals surface area contributed by atoms with Crippen LogP contribution in [0.1, 0.15) is 54.7 Å². The molecule has 0 spiro atoms. The van der Waals surface area contributed by atoms with E-state index >= 15 is 0 Å². The summed E-state index contributed by atoms with van der Waals surface area (Å²) in [6.45, 7) is 7.62. The Kier molecular flexibility index (Phi) is 6.03. The van der Waals surface area contributed by atoms with Crippen molar-refractivity contribution >= 4 is 17.6 Å². The van der Waals surface area contributed by atoms with Crippen molar-refractivity contribution in [2.75, 3.05) is 5.73 Å². The van der Waals surface area contributed by atoms with Crippen molar-refractivity contribution in [1.82, 2.24) is 5.32 Å². The van der Waals surface area contributed by atoms with E-state index in [0.717, 1.165) is 17.5 Å². The van der Waals surface area contributed by atoms with Crippen LogP contribution in [0.4, 0.5) is 10.5 Å². The average Bonchev–Trinajstić information content (AvgIpc) is 2.59. The van der Waals surface area contributed by atoms with Gasteiger partial charge in [-0.15, -0.1) is 0 Å². The normalized spacial score (nSPS) is 11.1. The van der Waals surface area contributed by atoms with E-state index in [4.69, 9.17) is 10.5 Å². The van der Waals surface area contributed by atoms with Gasteiger partial charge in [-0.25, -0.2) is 4.79 Å². The second kappa shape index (κ2) is 8.04. The van der Waals surface area contributed by atoms with Gasteiger partial charge in [-0.3, -0.25) is 4.79 Å². The summed E-state index contributed by atoms with van der Waals surface area (Å²) in [6, 6.07) is 12.6. The van der Waals surface area contributed by atoms with Gasteiger partial charge in [0.25, 0.3) is 0 Å². The molecule has 0 heterocycles. The van der Waals surface area contributed by atoms with Crippen molar-refractivity contribution in [2.24, 2.45) is 0 Å². The Morgan fingerprint density at radius 1 is 1.08 bits per heavy atom. The van der Waals surface area contributed by atoms with Gasteiger partial charge in [0.15, 0.2) is 5.78 Å². The van der Waals surface area contributed by atoms with Crippen molar-refractivity contribution < 1.29 is 14.3 Å². The lowest BCUT2D eigenvalue weighted by Gasteiger charge is -2.21. The zero-order valence-electron chi connectivity index (χ0n) is 15.8. The van der Waals surface area contributed by atoms with E-state index in [1.807, 2.05) is 31.2 Å². The van der Waals surface area contributed by atoms with Crippen LogP contribution in [0.25, 0.3) is 0 Å². The van der Waals surface area contributed by atoms with Gasteiger partial charge in [0.1, 0.15) is 5.60 Å². The van der Waals surface area contributed by atoms with E-state index in [0.29, 0.717) is 16.8 Å². The summed E-state index contributed by atoms with van der Waals surface area (Å²) in [4.78, 5) is 24.7. The summed E-state index contributed by atoms with van der Waals surface area (Å²) >= 11 is 0. The lowest BCUT2D eigenvalue weighted by atomic mass is 9.94. The number of carbonyl (C=O) groups is 2. The molecule has 0 saturated heterocycles. The lowest BCUT2D eigenvalue weighted by Crippen LogP contribution is -2.32. The smallest absolute Gasteiger partial charge is 0.407 e. The first-order valence-corrected chi connectivity index (χ1v) is 8.69. The van der Waals surface area contributed by atoms with Crippen LogP contribution in [0.3, 0.4) is 0 Å². The number of anilines is 1. The van der Waals surface area contributed by atoms with Gasteiger partial charge in [-0.1, -0.05) is 43.3 Å². The van der Waals surface area contributed by atoms with Crippen molar-refractivity contribution in [2.45, 2.75) is 46.3 Å². The molecule has 0 radical (unpaired) electrons. The molecule has 26 heavy (non-hydrogen) atoms. The molecule has 5 nitrogen and oxygen atoms in total. The third-order valence-electron chi connectivity index (χ3n) is 3.92. The standard InChI is InChI=1S/C21H26N2O3/c1-5-14-11-12-16(19(24)15-9-7-6-8-10-15)18(22)17(14)13-23-20(25)26-21(2,3)4/h6-12H,5,13,22H2,1-4H3,(H,23,25). The van der Waals surface area contributed by atoms with Crippen molar-refractivity contribution in [1.29, 1.82) is 0 Å². The topological polar surface area (TPSA) is 81.4 Å². The molecule has 1 amide bonds. The SMILES string of the molecule is CCc1ccc(C(=O)c2ccccc2)c(N)c1CNC(=O)OC(C)(C)C. The first-order valence-electron chi connectivity index (χ1n) is 8.69. The second-order valence-electron chi connectivity index (χ2n) is 7.07. The molecule has 0 bridgehead atoms. The Balaban J connectivity index is 2.28. The molecule has 0 aliphatic rings. The molecule has 0 unspecified atom stereocenters. The lowest BCUT2D eigenvalue weighted by molar-refractivity contribution is 0.0523. The maximum absolute atomic E-state index is 12.8. The van der Waals surface area contributed by atoms with Gasteiger partial charge in [0.05, 0.1) is 0 Å². The first kappa shape index (κ1) is 19.5. The highest BCUT2D eigenvalue weighted by Gasteiger charge is 2.19. The number of carbonyl (C=O) groups excluding carboxylic acids is 2. The maximum atomic E-state index is 12.8. The molecule has 0 atom stereocenters. The van der Waals surface area contributed by atoms with Crippen LogP contribution in [-0.2, 0) is 17.7 Å². The van der Waals surface area contributed by atoms with E-state index in [1.54, 1.807) is 39.0 Å². The van der Waals surface area contributed by atoms with Crippen molar-refractivity contribution in [3.05, 3.63) is 64.7 Å². The zero-order valence-corrected chi connectivity index (χ0v) is 15.8.